The van der Waals surface area contributed by atoms with E-state index < -0.39 is 11.3 Å². The summed E-state index contributed by atoms with van der Waals surface area (Å²) in [5.74, 6) is -0.472. The molecule has 0 aliphatic heterocycles. The van der Waals surface area contributed by atoms with E-state index >= 15 is 0 Å². The number of benzene rings is 2. The number of halogens is 4. The normalized spacial score (nSPS) is 11.7. The van der Waals surface area contributed by atoms with Crippen LogP contribution in [-0.2, 0) is 6.54 Å². The molecule has 1 heterocycles. The van der Waals surface area contributed by atoms with Crippen LogP contribution in [-0.4, -0.2) is 20.5 Å². The summed E-state index contributed by atoms with van der Waals surface area (Å²) in [6, 6.07) is 14.1. The summed E-state index contributed by atoms with van der Waals surface area (Å²) in [5, 5.41) is 7.59. The summed E-state index contributed by atoms with van der Waals surface area (Å²) >= 11 is -0.277. The second-order valence-electron chi connectivity index (χ2n) is 4.94. The van der Waals surface area contributed by atoms with Crippen molar-refractivity contribution in [1.82, 2.24) is 15.0 Å². The highest BCUT2D eigenvalue weighted by Gasteiger charge is 2.33. The Kier molecular flexibility index (Phi) is 4.57. The van der Waals surface area contributed by atoms with Crippen molar-refractivity contribution >= 4 is 11.8 Å². The molecule has 0 fully saturated rings. The molecule has 0 aliphatic carbocycles. The molecule has 0 amide bonds. The largest absolute Gasteiger partial charge is 0.447 e. The lowest BCUT2D eigenvalue weighted by molar-refractivity contribution is -0.0330. The Balaban J connectivity index is 2.01. The summed E-state index contributed by atoms with van der Waals surface area (Å²) in [6.45, 7) is 0.160. The second-order valence-corrected chi connectivity index (χ2v) is 5.99. The van der Waals surface area contributed by atoms with Crippen LogP contribution in [0.5, 0.6) is 0 Å². The van der Waals surface area contributed by atoms with E-state index in [1.165, 1.54) is 28.9 Å². The molecular weight excluding hydrogens is 342 g/mol. The van der Waals surface area contributed by atoms with E-state index in [-0.39, 0.29) is 29.0 Å². The summed E-state index contributed by atoms with van der Waals surface area (Å²) in [4.78, 5) is 0. The number of rotatable bonds is 4. The predicted octanol–water partition coefficient (Wildman–Crippen LogP) is 4.74. The number of aromatic nitrogens is 3. The van der Waals surface area contributed by atoms with E-state index in [1.807, 2.05) is 6.07 Å². The molecule has 0 unspecified atom stereocenters. The van der Waals surface area contributed by atoms with Gasteiger partial charge in [-0.2, -0.15) is 13.2 Å². The third kappa shape index (κ3) is 3.94. The minimum absolute atomic E-state index is 0.0771. The molecule has 3 aromatic rings. The molecule has 0 N–H and O–H groups in total. The SMILES string of the molecule is Fc1ccc(-c2nnn(Cc3ccccc3)c2SC(F)(F)F)cc1. The van der Waals surface area contributed by atoms with Gasteiger partial charge in [0.25, 0.3) is 0 Å². The first-order chi connectivity index (χ1) is 11.4. The maximum atomic E-state index is 13.0. The van der Waals surface area contributed by atoms with E-state index in [1.54, 1.807) is 24.3 Å². The molecule has 0 radical (unpaired) electrons. The van der Waals surface area contributed by atoms with Gasteiger partial charge in [0.05, 0.1) is 6.54 Å². The van der Waals surface area contributed by atoms with E-state index in [0.29, 0.717) is 5.56 Å². The molecular formula is C16H11F4N3S. The summed E-state index contributed by atoms with van der Waals surface area (Å²) in [6.07, 6.45) is 0. The smallest absolute Gasteiger partial charge is 0.233 e. The molecule has 0 saturated heterocycles. The van der Waals surface area contributed by atoms with Gasteiger partial charge in [-0.25, -0.2) is 9.07 Å². The van der Waals surface area contributed by atoms with Crippen LogP contribution in [0.15, 0.2) is 59.6 Å². The van der Waals surface area contributed by atoms with Crippen molar-refractivity contribution in [2.45, 2.75) is 17.1 Å². The molecule has 0 bridgehead atoms. The van der Waals surface area contributed by atoms with Crippen LogP contribution < -0.4 is 0 Å². The van der Waals surface area contributed by atoms with Crippen molar-refractivity contribution in [1.29, 1.82) is 0 Å². The first-order valence-corrected chi connectivity index (χ1v) is 7.73. The van der Waals surface area contributed by atoms with Crippen LogP contribution in [0.1, 0.15) is 5.56 Å². The fourth-order valence-corrected chi connectivity index (χ4v) is 2.84. The van der Waals surface area contributed by atoms with Gasteiger partial charge in [-0.1, -0.05) is 35.5 Å². The lowest BCUT2D eigenvalue weighted by atomic mass is 10.2. The molecule has 24 heavy (non-hydrogen) atoms. The van der Waals surface area contributed by atoms with Crippen LogP contribution in [0.3, 0.4) is 0 Å². The van der Waals surface area contributed by atoms with Crippen LogP contribution in [0.25, 0.3) is 11.3 Å². The Hall–Kier alpha value is -2.35. The van der Waals surface area contributed by atoms with Gasteiger partial charge in [-0.3, -0.25) is 0 Å². The fraction of sp³-hybridized carbons (Fsp3) is 0.125. The van der Waals surface area contributed by atoms with Crippen molar-refractivity contribution in [2.24, 2.45) is 0 Å². The lowest BCUT2D eigenvalue weighted by Crippen LogP contribution is -2.08. The standard InChI is InChI=1S/C16H11F4N3S/c17-13-8-6-12(7-9-13)14-15(24-16(18,19)20)23(22-21-14)10-11-4-2-1-3-5-11/h1-9H,10H2. The molecule has 1 aromatic heterocycles. The van der Waals surface area contributed by atoms with Gasteiger partial charge in [0.1, 0.15) is 16.5 Å². The first-order valence-electron chi connectivity index (χ1n) is 6.91. The van der Waals surface area contributed by atoms with E-state index in [9.17, 15) is 17.6 Å². The summed E-state index contributed by atoms with van der Waals surface area (Å²) in [5.41, 5.74) is -3.22. The van der Waals surface area contributed by atoms with Crippen molar-refractivity contribution in [3.8, 4) is 11.3 Å². The maximum absolute atomic E-state index is 13.0. The maximum Gasteiger partial charge on any atom is 0.447 e. The van der Waals surface area contributed by atoms with Crippen LogP contribution in [0.4, 0.5) is 17.6 Å². The van der Waals surface area contributed by atoms with Gasteiger partial charge < -0.3 is 0 Å². The highest BCUT2D eigenvalue weighted by molar-refractivity contribution is 8.00. The zero-order valence-corrected chi connectivity index (χ0v) is 13.0. The minimum Gasteiger partial charge on any atom is -0.233 e. The minimum atomic E-state index is -4.48. The summed E-state index contributed by atoms with van der Waals surface area (Å²) < 4.78 is 53.0. The van der Waals surface area contributed by atoms with Crippen molar-refractivity contribution in [2.75, 3.05) is 0 Å². The Morgan fingerprint density at radius 2 is 1.62 bits per heavy atom. The third-order valence-electron chi connectivity index (χ3n) is 3.19. The molecule has 0 spiro atoms. The highest BCUT2D eigenvalue weighted by atomic mass is 32.2. The topological polar surface area (TPSA) is 30.7 Å². The monoisotopic (exact) mass is 353 g/mol. The number of nitrogens with zero attached hydrogens (tertiary/aromatic N) is 3. The number of hydrogen-bond acceptors (Lipinski definition) is 3. The fourth-order valence-electron chi connectivity index (χ4n) is 2.16. The molecule has 8 heteroatoms. The van der Waals surface area contributed by atoms with Gasteiger partial charge in [-0.15, -0.1) is 5.10 Å². The third-order valence-corrected chi connectivity index (χ3v) is 4.02. The van der Waals surface area contributed by atoms with Gasteiger partial charge in [-0.05, 0) is 29.8 Å². The zero-order valence-electron chi connectivity index (χ0n) is 12.2. The van der Waals surface area contributed by atoms with Gasteiger partial charge in [0.15, 0.2) is 0 Å². The molecule has 0 aliphatic rings. The first kappa shape index (κ1) is 16.5. The average Bonchev–Trinajstić information content (AvgIpc) is 2.90. The van der Waals surface area contributed by atoms with Crippen molar-refractivity contribution in [3.05, 3.63) is 66.0 Å². The van der Waals surface area contributed by atoms with E-state index in [4.69, 9.17) is 0 Å². The van der Waals surface area contributed by atoms with Gasteiger partial charge >= 0.3 is 5.51 Å². The van der Waals surface area contributed by atoms with Gasteiger partial charge in [0, 0.05) is 17.3 Å². The van der Waals surface area contributed by atoms with Crippen LogP contribution >= 0.6 is 11.8 Å². The van der Waals surface area contributed by atoms with Gasteiger partial charge in [0.2, 0.25) is 0 Å². The Labute approximate surface area is 139 Å². The zero-order chi connectivity index (χ0) is 17.2. The summed E-state index contributed by atoms with van der Waals surface area (Å²) in [7, 11) is 0. The number of alkyl halides is 3. The molecule has 0 atom stereocenters. The number of thioether (sulfide) groups is 1. The molecule has 124 valence electrons. The Bertz CT molecular complexity index is 814. The quantitative estimate of drug-likeness (QED) is 0.501. The molecule has 3 nitrogen and oxygen atoms in total. The molecule has 2 aromatic carbocycles. The number of hydrogen-bond donors (Lipinski definition) is 0. The van der Waals surface area contributed by atoms with Crippen LogP contribution in [0, 0.1) is 5.82 Å². The second kappa shape index (κ2) is 6.64. The lowest BCUT2D eigenvalue weighted by Gasteiger charge is -2.10. The molecule has 0 saturated carbocycles. The molecule has 3 rings (SSSR count). The van der Waals surface area contributed by atoms with E-state index in [2.05, 4.69) is 10.3 Å². The van der Waals surface area contributed by atoms with Crippen molar-refractivity contribution < 1.29 is 17.6 Å². The van der Waals surface area contributed by atoms with Crippen molar-refractivity contribution in [3.63, 3.8) is 0 Å². The Morgan fingerprint density at radius 3 is 2.25 bits per heavy atom. The Morgan fingerprint density at radius 1 is 0.958 bits per heavy atom. The van der Waals surface area contributed by atoms with E-state index in [0.717, 1.165) is 5.56 Å². The predicted molar refractivity (Wildman–Crippen MR) is 82.9 cm³/mol. The van der Waals surface area contributed by atoms with Crippen LogP contribution in [0.2, 0.25) is 0 Å². The highest BCUT2D eigenvalue weighted by Crippen LogP contribution is 2.41. The average molecular weight is 353 g/mol.